The van der Waals surface area contributed by atoms with Gasteiger partial charge in [0, 0.05) is 43.3 Å². The van der Waals surface area contributed by atoms with Crippen LogP contribution in [0.2, 0.25) is 0 Å². The van der Waals surface area contributed by atoms with Crippen LogP contribution in [-0.4, -0.2) is 61.0 Å². The number of amides is 1. The zero-order valence-electron chi connectivity index (χ0n) is 19.7. The molecule has 0 radical (unpaired) electrons. The molecule has 1 fully saturated rings. The second-order valence-corrected chi connectivity index (χ2v) is 8.26. The molecule has 0 N–H and O–H groups in total. The van der Waals surface area contributed by atoms with Crippen molar-refractivity contribution in [2.45, 2.75) is 0 Å². The highest BCUT2D eigenvalue weighted by Crippen LogP contribution is 2.28. The summed E-state index contributed by atoms with van der Waals surface area (Å²) >= 11 is 0. The zero-order chi connectivity index (χ0) is 24.4. The van der Waals surface area contributed by atoms with Crippen LogP contribution in [0.15, 0.2) is 77.6 Å². The first-order chi connectivity index (χ1) is 17.1. The lowest BCUT2D eigenvalue weighted by atomic mass is 10.1. The molecule has 1 amide bonds. The molecule has 35 heavy (non-hydrogen) atoms. The molecule has 178 valence electrons. The Morgan fingerprint density at radius 3 is 2.20 bits per heavy atom. The van der Waals surface area contributed by atoms with E-state index in [9.17, 15) is 9.59 Å². The second-order valence-electron chi connectivity index (χ2n) is 8.26. The molecule has 0 atom stereocenters. The van der Waals surface area contributed by atoms with Crippen LogP contribution >= 0.6 is 0 Å². The van der Waals surface area contributed by atoms with E-state index in [0.717, 1.165) is 18.8 Å². The molecule has 1 aliphatic heterocycles. The van der Waals surface area contributed by atoms with Crippen LogP contribution in [-0.2, 0) is 0 Å². The minimum Gasteiger partial charge on any atom is -0.497 e. The molecule has 0 saturated carbocycles. The first-order valence-corrected chi connectivity index (χ1v) is 11.4. The minimum absolute atomic E-state index is 0.199. The molecule has 8 nitrogen and oxygen atoms in total. The van der Waals surface area contributed by atoms with Crippen molar-refractivity contribution >= 4 is 22.4 Å². The number of para-hydroxylation sites is 1. The van der Waals surface area contributed by atoms with E-state index in [-0.39, 0.29) is 17.2 Å². The van der Waals surface area contributed by atoms with Gasteiger partial charge in [0.2, 0.25) is 0 Å². The number of rotatable bonds is 5. The Bertz CT molecular complexity index is 1430. The van der Waals surface area contributed by atoms with Crippen molar-refractivity contribution in [3.63, 3.8) is 0 Å². The van der Waals surface area contributed by atoms with Crippen molar-refractivity contribution in [3.05, 3.63) is 88.8 Å². The fourth-order valence-corrected chi connectivity index (χ4v) is 4.43. The minimum atomic E-state index is -0.325. The predicted molar refractivity (Wildman–Crippen MR) is 135 cm³/mol. The van der Waals surface area contributed by atoms with Crippen LogP contribution in [0.25, 0.3) is 16.5 Å². The first-order valence-electron chi connectivity index (χ1n) is 11.4. The predicted octanol–water partition coefficient (Wildman–Crippen LogP) is 3.37. The number of anilines is 1. The van der Waals surface area contributed by atoms with Gasteiger partial charge in [-0.25, -0.2) is 0 Å². The number of benzene rings is 3. The standard InChI is InChI=1S/C27H26N4O4/c1-34-20-12-13-23(24(18-20)35-2)31-26(32)22-11-7-6-10-21(22)25(28-31)27(33)30-16-14-29(15-17-30)19-8-4-3-5-9-19/h3-13,18H,14-17H2,1-2H3. The molecule has 2 heterocycles. The Balaban J connectivity index is 1.53. The third kappa shape index (κ3) is 4.19. The molecular formula is C27H26N4O4. The lowest BCUT2D eigenvalue weighted by molar-refractivity contribution is 0.0741. The van der Waals surface area contributed by atoms with E-state index >= 15 is 0 Å². The van der Waals surface area contributed by atoms with Crippen LogP contribution in [0.3, 0.4) is 0 Å². The summed E-state index contributed by atoms with van der Waals surface area (Å²) in [6.07, 6.45) is 0. The van der Waals surface area contributed by atoms with Gasteiger partial charge in [0.15, 0.2) is 5.69 Å². The third-order valence-corrected chi connectivity index (χ3v) is 6.31. The number of carbonyl (C=O) groups is 1. The van der Waals surface area contributed by atoms with Gasteiger partial charge in [-0.3, -0.25) is 9.59 Å². The van der Waals surface area contributed by atoms with Crippen molar-refractivity contribution in [3.8, 4) is 17.2 Å². The number of carbonyl (C=O) groups excluding carboxylic acids is 1. The lowest BCUT2D eigenvalue weighted by Gasteiger charge is -2.36. The summed E-state index contributed by atoms with van der Waals surface area (Å²) in [6, 6.07) is 22.4. The Morgan fingerprint density at radius 2 is 1.51 bits per heavy atom. The number of hydrogen-bond acceptors (Lipinski definition) is 6. The number of nitrogens with zero attached hydrogens (tertiary/aromatic N) is 4. The molecular weight excluding hydrogens is 444 g/mol. The van der Waals surface area contributed by atoms with Gasteiger partial charge in [0.25, 0.3) is 11.5 Å². The molecule has 0 bridgehead atoms. The number of piperazine rings is 1. The quantitative estimate of drug-likeness (QED) is 0.445. The third-order valence-electron chi connectivity index (χ3n) is 6.31. The molecule has 3 aromatic carbocycles. The molecule has 1 aromatic heterocycles. The molecule has 8 heteroatoms. The van der Waals surface area contributed by atoms with Crippen LogP contribution < -0.4 is 19.9 Å². The fourth-order valence-electron chi connectivity index (χ4n) is 4.43. The van der Waals surface area contributed by atoms with E-state index in [2.05, 4.69) is 22.1 Å². The molecule has 0 spiro atoms. The molecule has 5 rings (SSSR count). The second kappa shape index (κ2) is 9.50. The van der Waals surface area contributed by atoms with Gasteiger partial charge in [0.1, 0.15) is 17.2 Å². The van der Waals surface area contributed by atoms with Gasteiger partial charge >= 0.3 is 0 Å². The summed E-state index contributed by atoms with van der Waals surface area (Å²) in [6.45, 7) is 2.57. The summed E-state index contributed by atoms with van der Waals surface area (Å²) in [5, 5.41) is 5.53. The Morgan fingerprint density at radius 1 is 0.829 bits per heavy atom. The van der Waals surface area contributed by atoms with Crippen LogP contribution in [0.5, 0.6) is 11.5 Å². The number of ether oxygens (including phenoxy) is 2. The van der Waals surface area contributed by atoms with Crippen molar-refractivity contribution in [2.24, 2.45) is 0 Å². The van der Waals surface area contributed by atoms with Gasteiger partial charge in [-0.05, 0) is 30.3 Å². The average Bonchev–Trinajstić information content (AvgIpc) is 2.93. The first kappa shape index (κ1) is 22.5. The Labute approximate surface area is 202 Å². The molecule has 4 aromatic rings. The van der Waals surface area contributed by atoms with E-state index in [4.69, 9.17) is 9.47 Å². The van der Waals surface area contributed by atoms with Crippen molar-refractivity contribution in [1.29, 1.82) is 0 Å². The molecule has 0 aliphatic carbocycles. The Kier molecular flexibility index (Phi) is 6.10. The largest absolute Gasteiger partial charge is 0.497 e. The van der Waals surface area contributed by atoms with E-state index < -0.39 is 0 Å². The van der Waals surface area contributed by atoms with Gasteiger partial charge in [-0.15, -0.1) is 0 Å². The smallest absolute Gasteiger partial charge is 0.279 e. The molecule has 1 aliphatic rings. The van der Waals surface area contributed by atoms with Crippen molar-refractivity contribution in [2.75, 3.05) is 45.3 Å². The SMILES string of the molecule is COc1ccc(-n2nc(C(=O)N3CCN(c4ccccc4)CC3)c3ccccc3c2=O)c(OC)c1. The number of aromatic nitrogens is 2. The molecule has 0 unspecified atom stereocenters. The highest BCUT2D eigenvalue weighted by molar-refractivity contribution is 6.05. The van der Waals surface area contributed by atoms with Gasteiger partial charge < -0.3 is 19.3 Å². The van der Waals surface area contributed by atoms with E-state index in [1.165, 1.54) is 11.8 Å². The lowest BCUT2D eigenvalue weighted by Crippen LogP contribution is -2.49. The summed E-state index contributed by atoms with van der Waals surface area (Å²) in [5.74, 6) is 0.811. The fraction of sp³-hybridized carbons (Fsp3) is 0.222. The summed E-state index contributed by atoms with van der Waals surface area (Å²) < 4.78 is 12.0. The van der Waals surface area contributed by atoms with Crippen LogP contribution in [0.1, 0.15) is 10.5 Å². The maximum Gasteiger partial charge on any atom is 0.279 e. The van der Waals surface area contributed by atoms with Gasteiger partial charge in [-0.2, -0.15) is 9.78 Å². The number of methoxy groups -OCH3 is 2. The highest BCUT2D eigenvalue weighted by atomic mass is 16.5. The maximum atomic E-state index is 13.7. The van der Waals surface area contributed by atoms with Gasteiger partial charge in [-0.1, -0.05) is 36.4 Å². The summed E-state index contributed by atoms with van der Waals surface area (Å²) in [4.78, 5) is 31.1. The van der Waals surface area contributed by atoms with E-state index in [1.807, 2.05) is 24.3 Å². The van der Waals surface area contributed by atoms with E-state index in [0.29, 0.717) is 41.0 Å². The van der Waals surface area contributed by atoms with Crippen LogP contribution in [0.4, 0.5) is 5.69 Å². The summed E-state index contributed by atoms with van der Waals surface area (Å²) in [5.41, 5.74) is 1.50. The van der Waals surface area contributed by atoms with E-state index in [1.54, 1.807) is 48.4 Å². The number of fused-ring (bicyclic) bond motifs is 1. The average molecular weight is 471 g/mol. The van der Waals surface area contributed by atoms with Crippen molar-refractivity contribution in [1.82, 2.24) is 14.7 Å². The molecule has 1 saturated heterocycles. The monoisotopic (exact) mass is 470 g/mol. The number of hydrogen-bond donors (Lipinski definition) is 0. The zero-order valence-corrected chi connectivity index (χ0v) is 19.7. The van der Waals surface area contributed by atoms with Crippen molar-refractivity contribution < 1.29 is 14.3 Å². The highest BCUT2D eigenvalue weighted by Gasteiger charge is 2.26. The maximum absolute atomic E-state index is 13.7. The Hall–Kier alpha value is -4.33. The topological polar surface area (TPSA) is 76.9 Å². The normalized spacial score (nSPS) is 13.7. The van der Waals surface area contributed by atoms with Crippen LogP contribution in [0, 0.1) is 0 Å². The summed E-state index contributed by atoms with van der Waals surface area (Å²) in [7, 11) is 3.08. The van der Waals surface area contributed by atoms with Gasteiger partial charge in [0.05, 0.1) is 19.6 Å².